The fourth-order valence-corrected chi connectivity index (χ4v) is 0.785. The van der Waals surface area contributed by atoms with Crippen LogP contribution in [0.1, 0.15) is 5.56 Å². The number of hydrogen-bond donors (Lipinski definition) is 1. The lowest BCUT2D eigenvalue weighted by atomic mass is 10.3. The largest absolute Gasteiger partial charge is 0.636 e. The number of aromatic nitrogens is 1. The Morgan fingerprint density at radius 1 is 1.73 bits per heavy atom. The molecule has 0 bridgehead atoms. The van der Waals surface area contributed by atoms with E-state index >= 15 is 0 Å². The zero-order valence-corrected chi connectivity index (χ0v) is 6.28. The van der Waals surface area contributed by atoms with Crippen molar-refractivity contribution in [1.29, 1.82) is 0 Å². The van der Waals surface area contributed by atoms with Crippen LogP contribution in [0.15, 0.2) is 18.3 Å². The first-order chi connectivity index (χ1) is 5.36. The highest BCUT2D eigenvalue weighted by atomic mass is 16.5. The first-order valence-corrected chi connectivity index (χ1v) is 3.29. The predicted molar refractivity (Wildman–Crippen MR) is 39.8 cm³/mol. The molecule has 0 aliphatic rings. The number of hydrogen-bond acceptors (Lipinski definition) is 3. The Hall–Kier alpha value is -1.13. The lowest BCUT2D eigenvalue weighted by Gasteiger charge is -2.03. The normalized spacial score (nSPS) is 9.64. The molecule has 0 spiro atoms. The van der Waals surface area contributed by atoms with Crippen LogP contribution in [0.5, 0.6) is 5.88 Å². The summed E-state index contributed by atoms with van der Waals surface area (Å²) >= 11 is 0. The average Bonchev–Trinajstić information content (AvgIpc) is 2.06. The van der Waals surface area contributed by atoms with Gasteiger partial charge < -0.3 is 15.4 Å². The lowest BCUT2D eigenvalue weighted by Crippen LogP contribution is -2.75. The highest BCUT2D eigenvalue weighted by Gasteiger charge is 1.94. The molecule has 0 saturated heterocycles. The third kappa shape index (κ3) is 2.18. The summed E-state index contributed by atoms with van der Waals surface area (Å²) in [6.07, 6.45) is 1.62. The molecule has 0 atom stereocenters. The van der Waals surface area contributed by atoms with Crippen molar-refractivity contribution in [2.75, 3.05) is 7.11 Å². The van der Waals surface area contributed by atoms with Crippen molar-refractivity contribution in [1.82, 2.24) is 4.98 Å². The minimum absolute atomic E-state index is 0.416. The highest BCUT2D eigenvalue weighted by molar-refractivity contribution is 5.19. The SMILES string of the molecule is COc1cc(C[NH2+][O-])ccn1. The Labute approximate surface area is 64.8 Å². The summed E-state index contributed by atoms with van der Waals surface area (Å²) in [6, 6.07) is 3.53. The standard InChI is InChI=1S/C7H10N2O2/c1-11-7-4-6(5-9-10)2-3-8-7/h2-4H,5,9H2,1H3. The Kier molecular flexibility index (Phi) is 2.83. The quantitative estimate of drug-likeness (QED) is 0.605. The molecule has 0 fully saturated rings. The minimum Gasteiger partial charge on any atom is -0.636 e. The van der Waals surface area contributed by atoms with Crippen molar-refractivity contribution in [3.8, 4) is 5.88 Å². The number of nitrogens with two attached hydrogens (primary N) is 1. The highest BCUT2D eigenvalue weighted by Crippen LogP contribution is 2.06. The maximum absolute atomic E-state index is 10.1. The van der Waals surface area contributed by atoms with E-state index in [1.807, 2.05) is 0 Å². The van der Waals surface area contributed by atoms with E-state index < -0.39 is 0 Å². The van der Waals surface area contributed by atoms with Crippen LogP contribution >= 0.6 is 0 Å². The first-order valence-electron chi connectivity index (χ1n) is 3.29. The van der Waals surface area contributed by atoms with Gasteiger partial charge in [0.05, 0.1) is 7.11 Å². The second kappa shape index (κ2) is 3.90. The van der Waals surface area contributed by atoms with E-state index in [0.717, 1.165) is 11.0 Å². The van der Waals surface area contributed by atoms with Crippen LogP contribution in [0.25, 0.3) is 0 Å². The van der Waals surface area contributed by atoms with Gasteiger partial charge in [0.15, 0.2) is 0 Å². The first kappa shape index (κ1) is 7.97. The Morgan fingerprint density at radius 2 is 2.55 bits per heavy atom. The third-order valence-corrected chi connectivity index (χ3v) is 1.33. The fraction of sp³-hybridized carbons (Fsp3) is 0.286. The average molecular weight is 154 g/mol. The molecule has 1 aromatic heterocycles. The van der Waals surface area contributed by atoms with E-state index in [-0.39, 0.29) is 0 Å². The smallest absolute Gasteiger partial charge is 0.213 e. The van der Waals surface area contributed by atoms with Crippen molar-refractivity contribution in [2.45, 2.75) is 6.54 Å². The molecule has 4 heteroatoms. The van der Waals surface area contributed by atoms with Crippen molar-refractivity contribution in [3.05, 3.63) is 29.1 Å². The van der Waals surface area contributed by atoms with E-state index in [1.54, 1.807) is 25.4 Å². The van der Waals surface area contributed by atoms with Gasteiger partial charge in [-0.3, -0.25) is 0 Å². The van der Waals surface area contributed by atoms with Gasteiger partial charge >= 0.3 is 0 Å². The molecular formula is C7H10N2O2. The topological polar surface area (TPSA) is 61.8 Å². The molecule has 1 rings (SSSR count). The van der Waals surface area contributed by atoms with Gasteiger partial charge in [-0.25, -0.2) is 4.98 Å². The molecule has 0 aliphatic carbocycles. The number of pyridine rings is 1. The van der Waals surface area contributed by atoms with Gasteiger partial charge in [0.1, 0.15) is 6.54 Å². The fourth-order valence-electron chi connectivity index (χ4n) is 0.785. The molecule has 2 N–H and O–H groups in total. The minimum atomic E-state index is 0.416. The number of rotatable bonds is 3. The van der Waals surface area contributed by atoms with Gasteiger partial charge in [0.25, 0.3) is 0 Å². The van der Waals surface area contributed by atoms with Gasteiger partial charge in [-0.1, -0.05) is 0 Å². The molecular weight excluding hydrogens is 144 g/mol. The van der Waals surface area contributed by atoms with Crippen LogP contribution in [0, 0.1) is 5.21 Å². The Bertz CT molecular complexity index is 227. The summed E-state index contributed by atoms with van der Waals surface area (Å²) in [4.78, 5) is 3.90. The molecule has 0 radical (unpaired) electrons. The van der Waals surface area contributed by atoms with Gasteiger partial charge in [0, 0.05) is 17.8 Å². The van der Waals surface area contributed by atoms with E-state index in [9.17, 15) is 5.21 Å². The molecule has 0 aromatic carbocycles. The second-order valence-electron chi connectivity index (χ2n) is 2.08. The summed E-state index contributed by atoms with van der Waals surface area (Å²) in [5, 5.41) is 10.1. The van der Waals surface area contributed by atoms with Gasteiger partial charge in [-0.15, -0.1) is 0 Å². The molecule has 0 saturated carbocycles. The second-order valence-corrected chi connectivity index (χ2v) is 2.08. The van der Waals surface area contributed by atoms with Crippen LogP contribution in [0.2, 0.25) is 0 Å². The maximum Gasteiger partial charge on any atom is 0.213 e. The summed E-state index contributed by atoms with van der Waals surface area (Å²) < 4.78 is 4.87. The zero-order valence-electron chi connectivity index (χ0n) is 6.28. The van der Waals surface area contributed by atoms with Gasteiger partial charge in [-0.05, 0) is 6.07 Å². The van der Waals surface area contributed by atoms with Crippen LogP contribution in [-0.4, -0.2) is 12.1 Å². The van der Waals surface area contributed by atoms with E-state index in [0.29, 0.717) is 12.4 Å². The van der Waals surface area contributed by atoms with Crippen molar-refractivity contribution in [3.63, 3.8) is 0 Å². The number of quaternary nitrogens is 1. The maximum atomic E-state index is 10.1. The Balaban J connectivity index is 2.74. The summed E-state index contributed by atoms with van der Waals surface area (Å²) in [7, 11) is 1.55. The van der Waals surface area contributed by atoms with E-state index in [4.69, 9.17) is 4.74 Å². The predicted octanol–water partition coefficient (Wildman–Crippen LogP) is -0.349. The molecule has 0 amide bonds. The third-order valence-electron chi connectivity index (χ3n) is 1.33. The molecule has 4 nitrogen and oxygen atoms in total. The van der Waals surface area contributed by atoms with E-state index in [1.165, 1.54) is 0 Å². The summed E-state index contributed by atoms with van der Waals surface area (Å²) in [5.41, 5.74) is 1.78. The van der Waals surface area contributed by atoms with Crippen LogP contribution in [-0.2, 0) is 6.54 Å². The molecule has 0 aliphatic heterocycles. The molecule has 1 aromatic rings. The van der Waals surface area contributed by atoms with Crippen molar-refractivity contribution >= 4 is 0 Å². The number of ether oxygens (including phenoxy) is 1. The zero-order chi connectivity index (χ0) is 8.10. The lowest BCUT2D eigenvalue weighted by molar-refractivity contribution is -0.605. The molecule has 60 valence electrons. The number of nitrogens with zero attached hydrogens (tertiary/aromatic N) is 1. The molecule has 11 heavy (non-hydrogen) atoms. The number of hydroxylamine groups is 1. The molecule has 1 heterocycles. The van der Waals surface area contributed by atoms with Crippen molar-refractivity contribution < 1.29 is 10.2 Å². The van der Waals surface area contributed by atoms with Gasteiger partial charge in [0.2, 0.25) is 5.88 Å². The Morgan fingerprint density at radius 3 is 3.18 bits per heavy atom. The summed E-state index contributed by atoms with van der Waals surface area (Å²) in [5.74, 6) is 0.546. The van der Waals surface area contributed by atoms with Crippen LogP contribution in [0.3, 0.4) is 0 Å². The monoisotopic (exact) mass is 154 g/mol. The van der Waals surface area contributed by atoms with Crippen LogP contribution < -0.4 is 10.2 Å². The molecule has 0 unspecified atom stereocenters. The van der Waals surface area contributed by atoms with Gasteiger partial charge in [-0.2, -0.15) is 0 Å². The van der Waals surface area contributed by atoms with Crippen LogP contribution in [0.4, 0.5) is 0 Å². The number of methoxy groups -OCH3 is 1. The summed E-state index contributed by atoms with van der Waals surface area (Å²) in [6.45, 7) is 0.416. The van der Waals surface area contributed by atoms with Crippen molar-refractivity contribution in [2.24, 2.45) is 0 Å². The van der Waals surface area contributed by atoms with E-state index in [2.05, 4.69) is 4.98 Å².